The lowest BCUT2D eigenvalue weighted by molar-refractivity contribution is 0.614. The van der Waals surface area contributed by atoms with Crippen molar-refractivity contribution in [1.82, 2.24) is 4.98 Å². The third-order valence-corrected chi connectivity index (χ3v) is 3.01. The van der Waals surface area contributed by atoms with Gasteiger partial charge in [0.05, 0.1) is 0 Å². The summed E-state index contributed by atoms with van der Waals surface area (Å²) in [6.45, 7) is 2.01. The summed E-state index contributed by atoms with van der Waals surface area (Å²) in [6.07, 6.45) is 1.90. The van der Waals surface area contributed by atoms with E-state index in [4.69, 9.17) is 4.42 Å². The largest absolute Gasteiger partial charge is 0.422 e. The predicted octanol–water partition coefficient (Wildman–Crippen LogP) is 3.42. The Hall–Kier alpha value is -0.940. The highest BCUT2D eigenvalue weighted by Gasteiger charge is 2.04. The monoisotopic (exact) mass is 238 g/mol. The molecule has 1 aromatic carbocycles. The third-order valence-electron chi connectivity index (χ3n) is 1.91. The lowest BCUT2D eigenvalue weighted by Crippen LogP contribution is -1.74. The molecule has 0 atom stereocenters. The van der Waals surface area contributed by atoms with Crippen LogP contribution >= 0.6 is 24.4 Å². The van der Waals surface area contributed by atoms with Crippen LogP contribution in [-0.4, -0.2) is 15.6 Å². The second-order valence-corrected chi connectivity index (χ2v) is 4.59. The van der Waals surface area contributed by atoms with Crippen LogP contribution in [0.1, 0.15) is 5.56 Å². The molecule has 0 aliphatic rings. The molecule has 0 fully saturated rings. The second-order valence-electron chi connectivity index (χ2n) is 3.07. The number of rotatable bonds is 1. The molecule has 0 saturated heterocycles. The molecule has 0 amide bonds. The summed E-state index contributed by atoms with van der Waals surface area (Å²) in [7, 11) is 0. The molecule has 0 N–H and O–H groups in total. The lowest BCUT2D eigenvalue weighted by Gasteiger charge is -1.88. The summed E-state index contributed by atoms with van der Waals surface area (Å²) in [5.41, 5.74) is 2.72. The molecule has 2 rings (SSSR count). The van der Waals surface area contributed by atoms with Crippen molar-refractivity contribution in [2.75, 3.05) is 6.26 Å². The van der Waals surface area contributed by atoms with Crippen LogP contribution in [0.3, 0.4) is 0 Å². The van der Waals surface area contributed by atoms with Crippen molar-refractivity contribution in [1.29, 1.82) is 0 Å². The number of benzene rings is 1. The molecular weight excluding hydrogens is 228 g/mol. The zero-order chi connectivity index (χ0) is 10.8. The Kier molecular flexibility index (Phi) is 3.02. The third kappa shape index (κ3) is 2.35. The van der Waals surface area contributed by atoms with E-state index in [0.29, 0.717) is 10.4 Å². The quantitative estimate of drug-likeness (QED) is 0.470. The first kappa shape index (κ1) is 10.6. The molecule has 0 unspecified atom stereocenters. The minimum absolute atomic E-state index is 0.356. The number of oxazole rings is 1. The Labute approximate surface area is 97.4 Å². The van der Waals surface area contributed by atoms with Gasteiger partial charge in [0.25, 0.3) is 0 Å². The number of thioether (sulfide) groups is 1. The summed E-state index contributed by atoms with van der Waals surface area (Å²) in [6, 6.07) is 6.22. The molecule has 3 nitrogen and oxygen atoms in total. The second kappa shape index (κ2) is 4.28. The molecule has 0 saturated carbocycles. The Morgan fingerprint density at radius 1 is 1.53 bits per heavy atom. The zero-order valence-electron chi connectivity index (χ0n) is 8.39. The van der Waals surface area contributed by atoms with Gasteiger partial charge < -0.3 is 4.42 Å². The molecule has 0 aliphatic heterocycles. The summed E-state index contributed by atoms with van der Waals surface area (Å²) in [4.78, 5) is 8.34. The highest BCUT2D eigenvalue weighted by Crippen LogP contribution is 2.23. The van der Waals surface area contributed by atoms with E-state index in [1.165, 1.54) is 11.8 Å². The standard InChI is InChI=1S/C10H10N2OS2/c1-6-3-4-7-8(5-6)13-9(11-7)12-10(14)15-2/h3-5H,1-2H3,(H,11,12,14). The number of aliphatic imine (C=N–C) groups is 1. The summed E-state index contributed by atoms with van der Waals surface area (Å²) >= 11 is 5.60. The molecule has 2 aromatic rings. The maximum absolute atomic E-state index is 5.46. The number of nitrogens with zero attached hydrogens (tertiary/aromatic N) is 2. The normalized spacial score (nSPS) is 12.3. The van der Waals surface area contributed by atoms with Gasteiger partial charge in [-0.1, -0.05) is 6.07 Å². The molecule has 1 aromatic heterocycles. The Morgan fingerprint density at radius 2 is 2.33 bits per heavy atom. The minimum atomic E-state index is 0.356. The van der Waals surface area contributed by atoms with Gasteiger partial charge in [-0.25, -0.2) is 0 Å². The van der Waals surface area contributed by atoms with Crippen LogP contribution < -0.4 is 0 Å². The molecule has 5 heteroatoms. The highest BCUT2D eigenvalue weighted by atomic mass is 32.2. The minimum Gasteiger partial charge on any atom is -0.422 e. The van der Waals surface area contributed by atoms with Crippen LogP contribution in [0, 0.1) is 6.92 Å². The van der Waals surface area contributed by atoms with E-state index in [1.54, 1.807) is 0 Å². The van der Waals surface area contributed by atoms with Crippen LogP contribution in [0.25, 0.3) is 11.1 Å². The molecular formula is C10H10N2OS2. The summed E-state index contributed by atoms with van der Waals surface area (Å²) < 4.78 is 6.10. The van der Waals surface area contributed by atoms with E-state index in [1.807, 2.05) is 31.4 Å². The number of fused-ring (bicyclic) bond motifs is 1. The van der Waals surface area contributed by atoms with Gasteiger partial charge >= 0.3 is 6.01 Å². The average molecular weight is 238 g/mol. The van der Waals surface area contributed by atoms with Crippen molar-refractivity contribution in [2.24, 2.45) is 4.99 Å². The van der Waals surface area contributed by atoms with E-state index >= 15 is 0 Å². The van der Waals surface area contributed by atoms with Crippen LogP contribution in [0.5, 0.6) is 0 Å². The number of hydrogen-bond acceptors (Lipinski definition) is 4. The first-order chi connectivity index (χ1) is 7.19. The van der Waals surface area contributed by atoms with Gasteiger partial charge in [0.2, 0.25) is 0 Å². The molecule has 0 aliphatic carbocycles. The fourth-order valence-electron chi connectivity index (χ4n) is 1.19. The van der Waals surface area contributed by atoms with Crippen molar-refractivity contribution >= 4 is 45.9 Å². The lowest BCUT2D eigenvalue weighted by atomic mass is 10.2. The van der Waals surface area contributed by atoms with Gasteiger partial charge in [0.1, 0.15) is 9.89 Å². The molecule has 1 heterocycles. The van der Waals surface area contributed by atoms with Crippen LogP contribution in [0.2, 0.25) is 0 Å². The summed E-state index contributed by atoms with van der Waals surface area (Å²) in [5.74, 6) is 0. The van der Waals surface area contributed by atoms with E-state index < -0.39 is 0 Å². The van der Waals surface area contributed by atoms with Gasteiger partial charge in [0, 0.05) is 0 Å². The van der Waals surface area contributed by atoms with Crippen LogP contribution in [-0.2, 0) is 0 Å². The predicted molar refractivity (Wildman–Crippen MR) is 68.3 cm³/mol. The molecule has 0 spiro atoms. The Morgan fingerprint density at radius 3 is 3.07 bits per heavy atom. The average Bonchev–Trinajstić information content (AvgIpc) is 2.59. The highest BCUT2D eigenvalue weighted by molar-refractivity contribution is 8.32. The number of aryl methyl sites for hydroxylation is 1. The van der Waals surface area contributed by atoms with E-state index in [0.717, 1.165) is 16.7 Å². The zero-order valence-corrected chi connectivity index (χ0v) is 10.1. The van der Waals surface area contributed by atoms with Crippen molar-refractivity contribution in [3.05, 3.63) is 23.8 Å². The van der Waals surface area contributed by atoms with Crippen LogP contribution in [0.15, 0.2) is 27.6 Å². The SMILES string of the molecule is CS/C(S)=N\c1nc2ccc(C)cc2o1. The fraction of sp³-hybridized carbons (Fsp3) is 0.200. The Balaban J connectivity index is 2.47. The van der Waals surface area contributed by atoms with E-state index in [9.17, 15) is 0 Å². The maximum Gasteiger partial charge on any atom is 0.324 e. The van der Waals surface area contributed by atoms with Gasteiger partial charge in [0.15, 0.2) is 5.58 Å². The molecule has 15 heavy (non-hydrogen) atoms. The number of aromatic nitrogens is 1. The van der Waals surface area contributed by atoms with Gasteiger partial charge in [-0.3, -0.25) is 0 Å². The van der Waals surface area contributed by atoms with Gasteiger partial charge in [-0.2, -0.15) is 9.98 Å². The number of hydrogen-bond donors (Lipinski definition) is 1. The first-order valence-electron chi connectivity index (χ1n) is 4.38. The van der Waals surface area contributed by atoms with E-state index in [-0.39, 0.29) is 0 Å². The first-order valence-corrected chi connectivity index (χ1v) is 6.05. The summed E-state index contributed by atoms with van der Waals surface area (Å²) in [5, 5.41) is 0. The van der Waals surface area contributed by atoms with Gasteiger partial charge in [-0.15, -0.1) is 24.4 Å². The van der Waals surface area contributed by atoms with Crippen molar-refractivity contribution < 1.29 is 4.42 Å². The number of thiol groups is 1. The Bertz CT molecular complexity index is 519. The maximum atomic E-state index is 5.46. The topological polar surface area (TPSA) is 38.4 Å². The van der Waals surface area contributed by atoms with Crippen molar-refractivity contribution in [3.8, 4) is 0 Å². The van der Waals surface area contributed by atoms with Crippen molar-refractivity contribution in [3.63, 3.8) is 0 Å². The van der Waals surface area contributed by atoms with Crippen LogP contribution in [0.4, 0.5) is 6.01 Å². The van der Waals surface area contributed by atoms with Gasteiger partial charge in [-0.05, 0) is 30.9 Å². The smallest absolute Gasteiger partial charge is 0.324 e. The van der Waals surface area contributed by atoms with E-state index in [2.05, 4.69) is 22.6 Å². The van der Waals surface area contributed by atoms with Crippen molar-refractivity contribution in [2.45, 2.75) is 6.92 Å². The molecule has 0 radical (unpaired) electrons. The molecule has 78 valence electrons. The fourth-order valence-corrected chi connectivity index (χ4v) is 1.45. The molecule has 0 bridgehead atoms.